The van der Waals surface area contributed by atoms with Crippen LogP contribution in [0.5, 0.6) is 0 Å². The Morgan fingerprint density at radius 2 is 1.90 bits per heavy atom. The molecule has 0 aliphatic heterocycles. The van der Waals surface area contributed by atoms with Crippen molar-refractivity contribution in [1.29, 1.82) is 0 Å². The number of anilines is 1. The molecule has 3 heteroatoms. The van der Waals surface area contributed by atoms with Crippen molar-refractivity contribution < 1.29 is 0 Å². The van der Waals surface area contributed by atoms with Crippen LogP contribution < -0.4 is 10.2 Å². The maximum atomic E-state index is 6.44. The van der Waals surface area contributed by atoms with Gasteiger partial charge in [-0.2, -0.15) is 0 Å². The predicted octanol–water partition coefficient (Wildman–Crippen LogP) is 4.39. The molecule has 0 bridgehead atoms. The third-order valence-electron chi connectivity index (χ3n) is 3.67. The molecule has 0 unspecified atom stereocenters. The first-order valence-corrected chi connectivity index (χ1v) is 7.74. The van der Waals surface area contributed by atoms with E-state index in [0.29, 0.717) is 0 Å². The number of nitrogens with zero attached hydrogens (tertiary/aromatic N) is 1. The minimum absolute atomic E-state index is 0.807. The molecule has 0 saturated carbocycles. The SMILES string of the molecule is CCNCc1ccc(N(C)Cc2ccccc2C)c(Cl)c1. The van der Waals surface area contributed by atoms with E-state index in [0.717, 1.165) is 30.3 Å². The van der Waals surface area contributed by atoms with Gasteiger partial charge in [0.15, 0.2) is 0 Å². The van der Waals surface area contributed by atoms with Gasteiger partial charge in [0, 0.05) is 20.1 Å². The van der Waals surface area contributed by atoms with E-state index in [-0.39, 0.29) is 0 Å². The lowest BCUT2D eigenvalue weighted by atomic mass is 10.1. The van der Waals surface area contributed by atoms with E-state index >= 15 is 0 Å². The van der Waals surface area contributed by atoms with Crippen molar-refractivity contribution in [2.75, 3.05) is 18.5 Å². The van der Waals surface area contributed by atoms with Crippen LogP contribution in [0.4, 0.5) is 5.69 Å². The Hall–Kier alpha value is -1.51. The van der Waals surface area contributed by atoms with Crippen LogP contribution in [0.1, 0.15) is 23.6 Å². The van der Waals surface area contributed by atoms with Crippen molar-refractivity contribution in [1.82, 2.24) is 5.32 Å². The average molecular weight is 303 g/mol. The fourth-order valence-electron chi connectivity index (χ4n) is 2.37. The molecule has 1 N–H and O–H groups in total. The maximum absolute atomic E-state index is 6.44. The third-order valence-corrected chi connectivity index (χ3v) is 3.97. The van der Waals surface area contributed by atoms with Crippen molar-refractivity contribution in [2.24, 2.45) is 0 Å². The highest BCUT2D eigenvalue weighted by Gasteiger charge is 2.08. The number of hydrogen-bond acceptors (Lipinski definition) is 2. The van der Waals surface area contributed by atoms with E-state index < -0.39 is 0 Å². The van der Waals surface area contributed by atoms with Crippen molar-refractivity contribution in [2.45, 2.75) is 26.9 Å². The Balaban J connectivity index is 2.12. The Kier molecular flexibility index (Phi) is 5.66. The van der Waals surface area contributed by atoms with Crippen LogP contribution in [0.25, 0.3) is 0 Å². The highest BCUT2D eigenvalue weighted by Crippen LogP contribution is 2.27. The maximum Gasteiger partial charge on any atom is 0.0642 e. The molecule has 112 valence electrons. The predicted molar refractivity (Wildman–Crippen MR) is 92.1 cm³/mol. The van der Waals surface area contributed by atoms with E-state index in [9.17, 15) is 0 Å². The van der Waals surface area contributed by atoms with Gasteiger partial charge in [-0.1, -0.05) is 48.9 Å². The number of halogens is 1. The molecule has 0 spiro atoms. The van der Waals surface area contributed by atoms with Gasteiger partial charge in [0.2, 0.25) is 0 Å². The topological polar surface area (TPSA) is 15.3 Å². The van der Waals surface area contributed by atoms with Crippen LogP contribution in [0, 0.1) is 6.92 Å². The van der Waals surface area contributed by atoms with Crippen LogP contribution in [0.2, 0.25) is 5.02 Å². The first kappa shape index (κ1) is 15.9. The summed E-state index contributed by atoms with van der Waals surface area (Å²) >= 11 is 6.44. The van der Waals surface area contributed by atoms with Gasteiger partial charge in [-0.15, -0.1) is 0 Å². The summed E-state index contributed by atoms with van der Waals surface area (Å²) in [6, 6.07) is 14.8. The van der Waals surface area contributed by atoms with Gasteiger partial charge in [0.05, 0.1) is 10.7 Å². The summed E-state index contributed by atoms with van der Waals surface area (Å²) < 4.78 is 0. The summed E-state index contributed by atoms with van der Waals surface area (Å²) in [5.41, 5.74) is 4.92. The van der Waals surface area contributed by atoms with Gasteiger partial charge in [-0.05, 0) is 42.3 Å². The molecular weight excluding hydrogens is 280 g/mol. The molecular formula is C18H23ClN2. The molecule has 21 heavy (non-hydrogen) atoms. The summed E-state index contributed by atoms with van der Waals surface area (Å²) in [4.78, 5) is 2.20. The van der Waals surface area contributed by atoms with Gasteiger partial charge in [-0.3, -0.25) is 0 Å². The van der Waals surface area contributed by atoms with E-state index in [2.05, 4.69) is 67.5 Å². The monoisotopic (exact) mass is 302 g/mol. The third kappa shape index (κ3) is 4.23. The zero-order valence-electron chi connectivity index (χ0n) is 13.0. The molecule has 0 saturated heterocycles. The van der Waals surface area contributed by atoms with Crippen molar-refractivity contribution in [3.05, 3.63) is 64.2 Å². The number of rotatable bonds is 6. The summed E-state index contributed by atoms with van der Waals surface area (Å²) in [6.45, 7) is 6.93. The Labute approximate surface area is 132 Å². The molecule has 0 aromatic heterocycles. The van der Waals surface area contributed by atoms with Gasteiger partial charge in [-0.25, -0.2) is 0 Å². The molecule has 2 rings (SSSR count). The quantitative estimate of drug-likeness (QED) is 0.851. The van der Waals surface area contributed by atoms with Gasteiger partial charge in [0.25, 0.3) is 0 Å². The summed E-state index contributed by atoms with van der Waals surface area (Å²) in [5, 5.41) is 4.12. The van der Waals surface area contributed by atoms with Gasteiger partial charge >= 0.3 is 0 Å². The lowest BCUT2D eigenvalue weighted by Gasteiger charge is -2.22. The Morgan fingerprint density at radius 3 is 2.57 bits per heavy atom. The first-order chi connectivity index (χ1) is 10.1. The molecule has 0 fully saturated rings. The second-order valence-electron chi connectivity index (χ2n) is 5.35. The minimum Gasteiger partial charge on any atom is -0.369 e. The van der Waals surface area contributed by atoms with Gasteiger partial charge < -0.3 is 10.2 Å². The van der Waals surface area contributed by atoms with Crippen molar-refractivity contribution in [3.8, 4) is 0 Å². The second-order valence-corrected chi connectivity index (χ2v) is 5.76. The zero-order chi connectivity index (χ0) is 15.2. The highest BCUT2D eigenvalue weighted by atomic mass is 35.5. The van der Waals surface area contributed by atoms with Crippen LogP contribution in [0.3, 0.4) is 0 Å². The van der Waals surface area contributed by atoms with E-state index in [1.165, 1.54) is 16.7 Å². The zero-order valence-corrected chi connectivity index (χ0v) is 13.7. The molecule has 2 aromatic carbocycles. The fraction of sp³-hybridized carbons (Fsp3) is 0.333. The van der Waals surface area contributed by atoms with Crippen LogP contribution in [0.15, 0.2) is 42.5 Å². The molecule has 0 aliphatic carbocycles. The van der Waals surface area contributed by atoms with E-state index in [4.69, 9.17) is 11.6 Å². The number of aryl methyl sites for hydroxylation is 1. The Morgan fingerprint density at radius 1 is 1.14 bits per heavy atom. The standard InChI is InChI=1S/C18H23ClN2/c1-4-20-12-15-9-10-18(17(19)11-15)21(3)13-16-8-6-5-7-14(16)2/h5-11,20H,4,12-13H2,1-3H3. The summed E-state index contributed by atoms with van der Waals surface area (Å²) in [7, 11) is 2.08. The second kappa shape index (κ2) is 7.48. The molecule has 2 aromatic rings. The van der Waals surface area contributed by atoms with Gasteiger partial charge in [0.1, 0.15) is 0 Å². The number of benzene rings is 2. The molecule has 0 atom stereocenters. The molecule has 0 aliphatic rings. The van der Waals surface area contributed by atoms with Crippen molar-refractivity contribution >= 4 is 17.3 Å². The molecule has 0 heterocycles. The molecule has 2 nitrogen and oxygen atoms in total. The lowest BCUT2D eigenvalue weighted by Crippen LogP contribution is -2.18. The van der Waals surface area contributed by atoms with Crippen LogP contribution in [-0.2, 0) is 13.1 Å². The Bertz CT molecular complexity index is 596. The lowest BCUT2D eigenvalue weighted by molar-refractivity contribution is 0.727. The average Bonchev–Trinajstić information content (AvgIpc) is 2.47. The molecule has 0 radical (unpaired) electrons. The van der Waals surface area contributed by atoms with E-state index in [1.807, 2.05) is 6.07 Å². The highest BCUT2D eigenvalue weighted by molar-refractivity contribution is 6.33. The van der Waals surface area contributed by atoms with Crippen LogP contribution in [-0.4, -0.2) is 13.6 Å². The van der Waals surface area contributed by atoms with E-state index in [1.54, 1.807) is 0 Å². The normalized spacial score (nSPS) is 10.7. The number of hydrogen-bond donors (Lipinski definition) is 1. The smallest absolute Gasteiger partial charge is 0.0642 e. The number of nitrogens with one attached hydrogen (secondary N) is 1. The molecule has 0 amide bonds. The van der Waals surface area contributed by atoms with Crippen molar-refractivity contribution in [3.63, 3.8) is 0 Å². The summed E-state index contributed by atoms with van der Waals surface area (Å²) in [5.74, 6) is 0. The fourth-order valence-corrected chi connectivity index (χ4v) is 2.71. The minimum atomic E-state index is 0.807. The largest absolute Gasteiger partial charge is 0.369 e. The first-order valence-electron chi connectivity index (χ1n) is 7.36. The van der Waals surface area contributed by atoms with Crippen LogP contribution >= 0.6 is 11.6 Å². The summed E-state index contributed by atoms with van der Waals surface area (Å²) in [6.07, 6.45) is 0.